The lowest BCUT2D eigenvalue weighted by molar-refractivity contribution is -0.121. The Kier molecular flexibility index (Phi) is 4.08. The second kappa shape index (κ2) is 5.14. The predicted molar refractivity (Wildman–Crippen MR) is 48.7 cm³/mol. The van der Waals surface area contributed by atoms with Gasteiger partial charge in [0.05, 0.1) is 0 Å². The molecule has 1 aliphatic rings. The first kappa shape index (κ1) is 9.52. The van der Waals surface area contributed by atoms with Gasteiger partial charge in [0.1, 0.15) is 0 Å². The van der Waals surface area contributed by atoms with E-state index in [0.29, 0.717) is 12.5 Å². The van der Waals surface area contributed by atoms with Crippen molar-refractivity contribution in [1.29, 1.82) is 0 Å². The van der Waals surface area contributed by atoms with E-state index in [0.717, 1.165) is 25.8 Å². The third-order valence-corrected chi connectivity index (χ3v) is 2.05. The van der Waals surface area contributed by atoms with Crippen LogP contribution in [0.25, 0.3) is 0 Å². The topological polar surface area (TPSA) is 55.1 Å². The maximum atomic E-state index is 11.1. The highest BCUT2D eigenvalue weighted by Gasteiger charge is 2.22. The molecular weight excluding hydrogens is 152 g/mol. The molecule has 0 heterocycles. The van der Waals surface area contributed by atoms with Gasteiger partial charge in [-0.1, -0.05) is 6.42 Å². The highest BCUT2D eigenvalue weighted by molar-refractivity contribution is 5.76. The molecule has 70 valence electrons. The quantitative estimate of drug-likeness (QED) is 0.579. The summed E-state index contributed by atoms with van der Waals surface area (Å²) >= 11 is 0. The molecule has 1 fully saturated rings. The summed E-state index contributed by atoms with van der Waals surface area (Å²) in [5.74, 6) is 0.217. The average Bonchev–Trinajstić information content (AvgIpc) is 2.82. The third-order valence-electron chi connectivity index (χ3n) is 2.05. The minimum absolute atomic E-state index is 0.217. The van der Waals surface area contributed by atoms with E-state index in [-0.39, 0.29) is 5.91 Å². The molecule has 0 aromatic rings. The first-order chi connectivity index (χ1) is 5.83. The predicted octanol–water partition coefficient (Wildman–Crippen LogP) is 0.784. The molecule has 0 aromatic heterocycles. The first-order valence-corrected chi connectivity index (χ1v) is 4.82. The van der Waals surface area contributed by atoms with E-state index >= 15 is 0 Å². The molecule has 0 aromatic carbocycles. The van der Waals surface area contributed by atoms with Crippen LogP contribution >= 0.6 is 0 Å². The molecule has 0 bridgehead atoms. The van der Waals surface area contributed by atoms with Gasteiger partial charge in [-0.2, -0.15) is 0 Å². The molecular formula is C9H18N2O. The molecule has 3 nitrogen and oxygen atoms in total. The van der Waals surface area contributed by atoms with Crippen LogP contribution in [-0.4, -0.2) is 18.5 Å². The van der Waals surface area contributed by atoms with Crippen molar-refractivity contribution < 1.29 is 4.79 Å². The molecule has 0 saturated heterocycles. The van der Waals surface area contributed by atoms with Crippen LogP contribution in [0.3, 0.4) is 0 Å². The molecule has 0 unspecified atom stereocenters. The molecule has 0 atom stereocenters. The lowest BCUT2D eigenvalue weighted by Crippen LogP contribution is -2.24. The van der Waals surface area contributed by atoms with E-state index in [1.807, 2.05) is 0 Å². The number of unbranched alkanes of at least 4 members (excludes halogenated alkanes) is 2. The number of nitrogens with two attached hydrogens (primary N) is 1. The number of carbonyl (C=O) groups excluding carboxylic acids is 1. The highest BCUT2D eigenvalue weighted by atomic mass is 16.1. The zero-order chi connectivity index (χ0) is 8.81. The zero-order valence-corrected chi connectivity index (χ0v) is 7.51. The van der Waals surface area contributed by atoms with E-state index < -0.39 is 0 Å². The van der Waals surface area contributed by atoms with Crippen LogP contribution in [0, 0.1) is 0 Å². The van der Waals surface area contributed by atoms with Crippen LogP contribution in [0.1, 0.15) is 38.5 Å². The Morgan fingerprint density at radius 3 is 2.67 bits per heavy atom. The standard InChI is InChI=1S/C9H18N2O/c10-7-3-1-2-4-9(12)11-8-5-6-8/h8H,1-7,10H2,(H,11,12). The summed E-state index contributed by atoms with van der Waals surface area (Å²) in [6.07, 6.45) is 6.13. The van der Waals surface area contributed by atoms with Gasteiger partial charge in [-0.15, -0.1) is 0 Å². The van der Waals surface area contributed by atoms with Gasteiger partial charge in [0, 0.05) is 12.5 Å². The smallest absolute Gasteiger partial charge is 0.220 e. The molecule has 0 aliphatic heterocycles. The monoisotopic (exact) mass is 170 g/mol. The van der Waals surface area contributed by atoms with Crippen molar-refractivity contribution in [2.75, 3.05) is 6.54 Å². The molecule has 12 heavy (non-hydrogen) atoms. The van der Waals surface area contributed by atoms with Gasteiger partial charge in [-0.05, 0) is 32.2 Å². The van der Waals surface area contributed by atoms with Gasteiger partial charge >= 0.3 is 0 Å². The molecule has 3 N–H and O–H groups in total. The summed E-state index contributed by atoms with van der Waals surface area (Å²) in [5, 5.41) is 2.96. The fourth-order valence-corrected chi connectivity index (χ4v) is 1.13. The second-order valence-electron chi connectivity index (χ2n) is 3.44. The van der Waals surface area contributed by atoms with Crippen molar-refractivity contribution in [2.24, 2.45) is 5.73 Å². The normalized spacial score (nSPS) is 16.1. The zero-order valence-electron chi connectivity index (χ0n) is 7.51. The number of hydrogen-bond acceptors (Lipinski definition) is 2. The summed E-state index contributed by atoms with van der Waals surface area (Å²) < 4.78 is 0. The number of amides is 1. The van der Waals surface area contributed by atoms with Crippen molar-refractivity contribution in [3.05, 3.63) is 0 Å². The van der Waals surface area contributed by atoms with Crippen molar-refractivity contribution in [2.45, 2.75) is 44.6 Å². The average molecular weight is 170 g/mol. The van der Waals surface area contributed by atoms with Crippen LogP contribution in [-0.2, 0) is 4.79 Å². The van der Waals surface area contributed by atoms with E-state index in [9.17, 15) is 4.79 Å². The number of carbonyl (C=O) groups is 1. The Morgan fingerprint density at radius 1 is 1.33 bits per heavy atom. The van der Waals surface area contributed by atoms with Gasteiger partial charge in [-0.25, -0.2) is 0 Å². The molecule has 1 aliphatic carbocycles. The van der Waals surface area contributed by atoms with Crippen molar-refractivity contribution in [3.8, 4) is 0 Å². The molecule has 0 spiro atoms. The molecule has 3 heteroatoms. The number of hydrogen-bond donors (Lipinski definition) is 2. The largest absolute Gasteiger partial charge is 0.353 e. The van der Waals surface area contributed by atoms with Gasteiger partial charge in [-0.3, -0.25) is 4.79 Å². The highest BCUT2D eigenvalue weighted by Crippen LogP contribution is 2.18. The molecule has 0 radical (unpaired) electrons. The third kappa shape index (κ3) is 4.34. The summed E-state index contributed by atoms with van der Waals surface area (Å²) in [5.41, 5.74) is 5.34. The van der Waals surface area contributed by atoms with E-state index in [1.54, 1.807) is 0 Å². The van der Waals surface area contributed by atoms with Gasteiger partial charge < -0.3 is 11.1 Å². The fraction of sp³-hybridized carbons (Fsp3) is 0.889. The maximum Gasteiger partial charge on any atom is 0.220 e. The summed E-state index contributed by atoms with van der Waals surface area (Å²) in [6, 6.07) is 0.506. The van der Waals surface area contributed by atoms with Crippen LogP contribution in [0.15, 0.2) is 0 Å². The number of nitrogens with one attached hydrogen (secondary N) is 1. The van der Waals surface area contributed by atoms with Crippen molar-refractivity contribution >= 4 is 5.91 Å². The molecule has 1 rings (SSSR count). The lowest BCUT2D eigenvalue weighted by atomic mass is 10.2. The van der Waals surface area contributed by atoms with E-state index in [1.165, 1.54) is 12.8 Å². The lowest BCUT2D eigenvalue weighted by Gasteiger charge is -2.01. The number of rotatable bonds is 6. The Hall–Kier alpha value is -0.570. The van der Waals surface area contributed by atoms with E-state index in [4.69, 9.17) is 5.73 Å². The van der Waals surface area contributed by atoms with Crippen LogP contribution in [0.2, 0.25) is 0 Å². The van der Waals surface area contributed by atoms with Crippen LogP contribution in [0.4, 0.5) is 0 Å². The van der Waals surface area contributed by atoms with Crippen LogP contribution < -0.4 is 11.1 Å². The van der Waals surface area contributed by atoms with Gasteiger partial charge in [0.15, 0.2) is 0 Å². The minimum atomic E-state index is 0.217. The summed E-state index contributed by atoms with van der Waals surface area (Å²) in [7, 11) is 0. The van der Waals surface area contributed by atoms with Crippen LogP contribution in [0.5, 0.6) is 0 Å². The minimum Gasteiger partial charge on any atom is -0.353 e. The van der Waals surface area contributed by atoms with Crippen molar-refractivity contribution in [3.63, 3.8) is 0 Å². The fourth-order valence-electron chi connectivity index (χ4n) is 1.13. The van der Waals surface area contributed by atoms with E-state index in [2.05, 4.69) is 5.32 Å². The Bertz CT molecular complexity index is 143. The summed E-state index contributed by atoms with van der Waals surface area (Å²) in [4.78, 5) is 11.1. The first-order valence-electron chi connectivity index (χ1n) is 4.82. The van der Waals surface area contributed by atoms with Gasteiger partial charge in [0.25, 0.3) is 0 Å². The Balaban J connectivity index is 1.87. The Labute approximate surface area is 73.7 Å². The van der Waals surface area contributed by atoms with Crippen molar-refractivity contribution in [1.82, 2.24) is 5.32 Å². The second-order valence-corrected chi connectivity index (χ2v) is 3.44. The SMILES string of the molecule is NCCCCCC(=O)NC1CC1. The molecule has 1 saturated carbocycles. The van der Waals surface area contributed by atoms with Gasteiger partial charge in [0.2, 0.25) is 5.91 Å². The maximum absolute atomic E-state index is 11.1. The summed E-state index contributed by atoms with van der Waals surface area (Å²) in [6.45, 7) is 0.740. The molecule has 1 amide bonds. The Morgan fingerprint density at radius 2 is 2.08 bits per heavy atom.